The predicted octanol–water partition coefficient (Wildman–Crippen LogP) is 16.7. The highest BCUT2D eigenvalue weighted by Crippen LogP contribution is 2.58. The summed E-state index contributed by atoms with van der Waals surface area (Å²) in [5.74, 6) is -4.27. The van der Waals surface area contributed by atoms with Gasteiger partial charge in [-0.2, -0.15) is 13.2 Å². The van der Waals surface area contributed by atoms with Crippen molar-refractivity contribution in [2.45, 2.75) is 129 Å². The van der Waals surface area contributed by atoms with Crippen LogP contribution in [0.4, 0.5) is 13.2 Å². The van der Waals surface area contributed by atoms with Crippen LogP contribution < -0.4 is 18.9 Å². The predicted molar refractivity (Wildman–Crippen MR) is 429 cm³/mol. The molecular weight excluding hydrogens is 1490 g/mol. The molecule has 0 radical (unpaired) electrons. The molecule has 27 heteroatoms. The molecule has 4 aliphatic heterocycles. The number of piperazine rings is 2. The maximum Gasteiger partial charge on any atom is 0.501 e. The lowest BCUT2D eigenvalue weighted by molar-refractivity contribution is -0.159. The number of imide groups is 2. The van der Waals surface area contributed by atoms with E-state index < -0.39 is 77.7 Å². The van der Waals surface area contributed by atoms with Gasteiger partial charge in [0.1, 0.15) is 58.1 Å². The highest BCUT2D eigenvalue weighted by molar-refractivity contribution is 6.61. The molecule has 0 aromatic heterocycles. The lowest BCUT2D eigenvalue weighted by Gasteiger charge is -2.40. The van der Waals surface area contributed by atoms with E-state index in [-0.39, 0.29) is 169 Å². The molecular formula is C86H99F3N6O16Si2. The number of halogens is 3. The van der Waals surface area contributed by atoms with Gasteiger partial charge in [0.2, 0.25) is 11.8 Å². The number of rotatable bonds is 30. The molecule has 22 nitrogen and oxygen atoms in total. The lowest BCUT2D eigenvalue weighted by Crippen LogP contribution is -2.59. The standard InChI is InChI=1S/C86H99F3N6O16Si2/c1-16-66(84(100)92-37-33-90(34-38-92)41-43-112(102-10,103-11)104-12)94-80(96)62-45-68(108-58-25-17-54(18-26-58)50(2)3)74-76-70(110-60-29-21-56(22-30-60)52(6)7)47-64-73-65(83(99)95(82(64)98)67(49-86(87,88)89)85(101)93-39-35-91(36-40-93)42-44-113(105-13,106-14)107-15)48-71(111-61-31-23-57(24-32-61)53(8)9)77(79(73)76)75-69(46-63(81(94)97)72(62)78(74)75)109-59-27-19-55(20-28-59)51(4)5/h17-32,45-48,50-53,66-67H,16,33-44,49H2,1-15H3. The fraction of sp³-hybridized carbons (Fsp3) is 0.419. The third-order valence-corrected chi connectivity index (χ3v) is 28.2. The number of fused-ring (bicyclic) bond motifs is 2. The maximum atomic E-state index is 16.4. The summed E-state index contributed by atoms with van der Waals surface area (Å²) in [5.41, 5.74) is 3.22. The normalized spacial score (nSPS) is 16.1. The summed E-state index contributed by atoms with van der Waals surface area (Å²) in [6.07, 6.45) is -6.96. The van der Waals surface area contributed by atoms with Crippen LogP contribution in [-0.4, -0.2) is 209 Å². The molecule has 2 atom stereocenters. The molecule has 4 aliphatic rings. The van der Waals surface area contributed by atoms with Crippen molar-refractivity contribution in [3.05, 3.63) is 166 Å². The van der Waals surface area contributed by atoms with Gasteiger partial charge in [-0.05, 0) is 125 Å². The minimum atomic E-state index is -5.10. The van der Waals surface area contributed by atoms with Crippen molar-refractivity contribution in [2.24, 2.45) is 0 Å². The molecule has 0 N–H and O–H groups in total. The minimum absolute atomic E-state index is 0.0118. The maximum absolute atomic E-state index is 16.4. The van der Waals surface area contributed by atoms with Crippen molar-refractivity contribution < 1.29 is 87.4 Å². The molecule has 9 aromatic rings. The second kappa shape index (κ2) is 33.2. The molecule has 0 bridgehead atoms. The van der Waals surface area contributed by atoms with Crippen LogP contribution in [0.3, 0.4) is 0 Å². The van der Waals surface area contributed by atoms with Crippen LogP contribution in [-0.2, 0) is 36.1 Å². The quantitative estimate of drug-likeness (QED) is 0.0177. The fourth-order valence-corrected chi connectivity index (χ4v) is 19.5. The van der Waals surface area contributed by atoms with Crippen molar-refractivity contribution in [2.75, 3.05) is 108 Å². The third kappa shape index (κ3) is 15.9. The Morgan fingerprint density at radius 3 is 0.850 bits per heavy atom. The molecule has 2 unspecified atom stereocenters. The number of amides is 6. The number of nitrogens with zero attached hydrogens (tertiary/aromatic N) is 6. The highest BCUT2D eigenvalue weighted by atomic mass is 28.4. The first kappa shape index (κ1) is 81.6. The first-order valence-corrected chi connectivity index (χ1v) is 42.5. The van der Waals surface area contributed by atoms with Gasteiger partial charge in [-0.1, -0.05) is 111 Å². The van der Waals surface area contributed by atoms with Crippen LogP contribution in [0.1, 0.15) is 163 Å². The number of carbonyl (C=O) groups is 6. The minimum Gasteiger partial charge on any atom is -0.457 e. The molecule has 2 fully saturated rings. The van der Waals surface area contributed by atoms with Gasteiger partial charge in [0, 0.05) is 163 Å². The summed E-state index contributed by atoms with van der Waals surface area (Å²) in [4.78, 5) is 105. The summed E-state index contributed by atoms with van der Waals surface area (Å²) < 4.78 is 110. The van der Waals surface area contributed by atoms with Crippen molar-refractivity contribution in [1.29, 1.82) is 0 Å². The Balaban J connectivity index is 1.09. The Morgan fingerprint density at radius 1 is 0.372 bits per heavy atom. The van der Waals surface area contributed by atoms with Gasteiger partial charge in [0.25, 0.3) is 23.6 Å². The van der Waals surface area contributed by atoms with E-state index in [2.05, 4.69) is 32.6 Å². The molecule has 0 aliphatic carbocycles. The van der Waals surface area contributed by atoms with Gasteiger partial charge >= 0.3 is 23.8 Å². The first-order valence-electron chi connectivity index (χ1n) is 38.6. The molecule has 13 rings (SSSR count). The molecule has 113 heavy (non-hydrogen) atoms. The van der Waals surface area contributed by atoms with E-state index >= 15 is 41.9 Å². The highest BCUT2D eigenvalue weighted by Gasteiger charge is 2.51. The molecule has 0 spiro atoms. The molecule has 4 heterocycles. The molecule has 0 saturated carbocycles. The van der Waals surface area contributed by atoms with Crippen molar-refractivity contribution in [3.63, 3.8) is 0 Å². The summed E-state index contributed by atoms with van der Waals surface area (Å²) in [7, 11) is 3.17. The SMILES string of the molecule is CCC(C(=O)N1CCN(CC[Si](OC)(OC)OC)CC1)N1C(=O)c2cc(Oc3ccc(C(C)C)cc3)c3c4c(Oc5ccc(C(C)C)cc5)cc5c6c(cc(Oc7ccc(C(C)C)cc7)c(c7c(Oc8ccc(C(C)C)cc8)cc(c2c37)C1=O)c64)C(=O)N(C(CC(F)(F)F)C(=O)N1CCN(CC[Si](OC)(OC)OC)CC1)C5=O. The average Bonchev–Trinajstić information content (AvgIpc) is 0.670. The second-order valence-corrected chi connectivity index (χ2v) is 36.8. The first-order chi connectivity index (χ1) is 54.0. The topological polar surface area (TPSA) is 214 Å². The van der Waals surface area contributed by atoms with E-state index in [0.29, 0.717) is 54.7 Å². The zero-order valence-corrected chi connectivity index (χ0v) is 68.8. The number of benzene rings is 9. The van der Waals surface area contributed by atoms with Crippen molar-refractivity contribution in [3.8, 4) is 46.0 Å². The van der Waals surface area contributed by atoms with E-state index in [1.54, 1.807) is 93.8 Å². The van der Waals surface area contributed by atoms with Crippen LogP contribution in [0, 0.1) is 0 Å². The number of ether oxygens (including phenoxy) is 4. The smallest absolute Gasteiger partial charge is 0.457 e. The van der Waals surface area contributed by atoms with Gasteiger partial charge in [0.15, 0.2) is 0 Å². The zero-order valence-electron chi connectivity index (χ0n) is 66.8. The van der Waals surface area contributed by atoms with Crippen LogP contribution in [0.5, 0.6) is 46.0 Å². The van der Waals surface area contributed by atoms with E-state index in [0.717, 1.165) is 27.2 Å². The monoisotopic (exact) mass is 1580 g/mol. The van der Waals surface area contributed by atoms with Gasteiger partial charge in [0.05, 0.1) is 28.7 Å². The summed E-state index contributed by atoms with van der Waals surface area (Å²) >= 11 is 0. The Labute approximate surface area is 658 Å². The van der Waals surface area contributed by atoms with Crippen molar-refractivity contribution in [1.82, 2.24) is 29.4 Å². The third-order valence-electron chi connectivity index (χ3n) is 22.8. The average molecular weight is 1590 g/mol. The Kier molecular flexibility index (Phi) is 24.0. The zero-order chi connectivity index (χ0) is 80.9. The second-order valence-electron chi connectivity index (χ2n) is 30.6. The summed E-state index contributed by atoms with van der Waals surface area (Å²) in [6, 6.07) is 32.3. The number of hydrogen-bond acceptors (Lipinski definition) is 18. The molecule has 598 valence electrons. The Hall–Kier alpha value is -9.40. The lowest BCUT2D eigenvalue weighted by atomic mass is 9.80. The van der Waals surface area contributed by atoms with E-state index in [1.807, 2.05) is 81.1 Å². The van der Waals surface area contributed by atoms with E-state index in [1.165, 1.54) is 38.4 Å². The molecule has 6 amide bonds. The van der Waals surface area contributed by atoms with Crippen LogP contribution in [0.2, 0.25) is 12.1 Å². The van der Waals surface area contributed by atoms with E-state index in [9.17, 15) is 0 Å². The largest absolute Gasteiger partial charge is 0.501 e. The Bertz CT molecular complexity index is 4810. The van der Waals surface area contributed by atoms with Gasteiger partial charge in [-0.3, -0.25) is 48.4 Å². The van der Waals surface area contributed by atoms with Gasteiger partial charge in [-0.15, -0.1) is 0 Å². The van der Waals surface area contributed by atoms with Crippen LogP contribution in [0.25, 0.3) is 43.1 Å². The number of carbonyl (C=O) groups excluding carboxylic acids is 6. The molecule has 9 aromatic carbocycles. The van der Waals surface area contributed by atoms with Gasteiger partial charge < -0.3 is 55.3 Å². The molecule has 2 saturated heterocycles. The van der Waals surface area contributed by atoms with Gasteiger partial charge in [-0.25, -0.2) is 0 Å². The number of alkyl halides is 3. The Morgan fingerprint density at radius 2 is 0.619 bits per heavy atom. The number of hydrogen-bond donors (Lipinski definition) is 0. The van der Waals surface area contributed by atoms with Crippen molar-refractivity contribution >= 4 is 96.1 Å². The summed E-state index contributed by atoms with van der Waals surface area (Å²) in [5, 5.41) is 1.10. The summed E-state index contributed by atoms with van der Waals surface area (Å²) in [6.45, 7) is 21.0. The van der Waals surface area contributed by atoms with Crippen LogP contribution >= 0.6 is 0 Å². The fourth-order valence-electron chi connectivity index (χ4n) is 16.1. The van der Waals surface area contributed by atoms with E-state index in [4.69, 9.17) is 45.5 Å². The van der Waals surface area contributed by atoms with Crippen LogP contribution in [0.15, 0.2) is 121 Å².